The van der Waals surface area contributed by atoms with Gasteiger partial charge in [0.25, 0.3) is 5.69 Å². The molecular weight excluding hydrogens is 250 g/mol. The lowest BCUT2D eigenvalue weighted by molar-refractivity contribution is -0.385. The average Bonchev–Trinajstić information content (AvgIpc) is 2.39. The number of hydrogen-bond acceptors (Lipinski definition) is 6. The van der Waals surface area contributed by atoms with Crippen LogP contribution >= 0.6 is 0 Å². The van der Waals surface area contributed by atoms with Gasteiger partial charge in [0.2, 0.25) is 0 Å². The fourth-order valence-electron chi connectivity index (χ4n) is 2.16. The van der Waals surface area contributed by atoms with Crippen molar-refractivity contribution in [3.63, 3.8) is 0 Å². The van der Waals surface area contributed by atoms with Crippen molar-refractivity contribution in [2.45, 2.75) is 25.3 Å². The summed E-state index contributed by atoms with van der Waals surface area (Å²) in [6, 6.07) is 1.63. The minimum absolute atomic E-state index is 0.00410. The summed E-state index contributed by atoms with van der Waals surface area (Å²) in [6.07, 6.45) is 2.60. The Morgan fingerprint density at radius 1 is 1.58 bits per heavy atom. The summed E-state index contributed by atoms with van der Waals surface area (Å²) in [5.41, 5.74) is 0.0895. The lowest BCUT2D eigenvalue weighted by Crippen LogP contribution is -2.47. The van der Waals surface area contributed by atoms with Crippen molar-refractivity contribution in [1.29, 1.82) is 0 Å². The first-order chi connectivity index (χ1) is 9.06. The van der Waals surface area contributed by atoms with E-state index in [9.17, 15) is 15.2 Å². The van der Waals surface area contributed by atoms with Crippen molar-refractivity contribution in [2.75, 3.05) is 25.1 Å². The van der Waals surface area contributed by atoms with Crippen LogP contribution in [-0.4, -0.2) is 40.4 Å². The molecule has 2 N–H and O–H groups in total. The molecule has 1 aromatic heterocycles. The maximum atomic E-state index is 10.7. The van der Waals surface area contributed by atoms with E-state index in [0.717, 1.165) is 0 Å². The van der Waals surface area contributed by atoms with Gasteiger partial charge in [-0.2, -0.15) is 0 Å². The van der Waals surface area contributed by atoms with Crippen molar-refractivity contribution in [2.24, 2.45) is 0 Å². The van der Waals surface area contributed by atoms with E-state index in [1.54, 1.807) is 13.0 Å². The molecule has 1 aromatic rings. The van der Waals surface area contributed by atoms with Crippen LogP contribution in [0.3, 0.4) is 0 Å². The van der Waals surface area contributed by atoms with Crippen LogP contribution in [0.5, 0.6) is 0 Å². The zero-order valence-electron chi connectivity index (χ0n) is 10.8. The molecule has 1 aliphatic rings. The minimum atomic E-state index is -0.456. The lowest BCUT2D eigenvalue weighted by atomic mass is 9.91. The number of anilines is 1. The Morgan fingerprint density at radius 2 is 2.26 bits per heavy atom. The predicted octanol–water partition coefficient (Wildman–Crippen LogP) is 1.25. The molecule has 19 heavy (non-hydrogen) atoms. The number of ether oxygens (including phenoxy) is 1. The smallest absolute Gasteiger partial charge is 0.290 e. The van der Waals surface area contributed by atoms with Gasteiger partial charge in [-0.15, -0.1) is 0 Å². The van der Waals surface area contributed by atoms with Crippen molar-refractivity contribution in [3.05, 3.63) is 27.9 Å². The van der Waals surface area contributed by atoms with E-state index in [-0.39, 0.29) is 12.3 Å². The van der Waals surface area contributed by atoms with E-state index in [1.165, 1.54) is 6.20 Å². The number of aromatic nitrogens is 1. The molecule has 1 saturated heterocycles. The molecule has 0 saturated carbocycles. The Balaban J connectivity index is 2.18. The molecule has 1 fully saturated rings. The van der Waals surface area contributed by atoms with Crippen LogP contribution in [0.2, 0.25) is 0 Å². The van der Waals surface area contributed by atoms with E-state index in [1.807, 2.05) is 0 Å². The number of aryl methyl sites for hydroxylation is 1. The molecule has 0 aliphatic carbocycles. The fourth-order valence-corrected chi connectivity index (χ4v) is 2.16. The first-order valence-corrected chi connectivity index (χ1v) is 6.14. The SMILES string of the molecule is Cc1cc(NC2(CO)CCOCC2)ncc1[N+](=O)[O-]. The van der Waals surface area contributed by atoms with E-state index < -0.39 is 10.5 Å². The third-order valence-electron chi connectivity index (χ3n) is 3.43. The molecule has 7 heteroatoms. The molecular formula is C12H17N3O4. The topological polar surface area (TPSA) is 97.5 Å². The van der Waals surface area contributed by atoms with Crippen LogP contribution < -0.4 is 5.32 Å². The Bertz CT molecular complexity index is 472. The van der Waals surface area contributed by atoms with Crippen molar-refractivity contribution >= 4 is 11.5 Å². The number of nitrogens with zero attached hydrogens (tertiary/aromatic N) is 2. The monoisotopic (exact) mass is 267 g/mol. The number of rotatable bonds is 4. The molecule has 104 valence electrons. The van der Waals surface area contributed by atoms with E-state index in [4.69, 9.17) is 4.74 Å². The normalized spacial score (nSPS) is 18.0. The Labute approximate surface area is 110 Å². The van der Waals surface area contributed by atoms with Gasteiger partial charge < -0.3 is 15.2 Å². The van der Waals surface area contributed by atoms with Gasteiger partial charge in [-0.05, 0) is 25.8 Å². The Morgan fingerprint density at radius 3 is 2.79 bits per heavy atom. The van der Waals surface area contributed by atoms with Gasteiger partial charge in [0.05, 0.1) is 17.1 Å². The van der Waals surface area contributed by atoms with Crippen molar-refractivity contribution in [3.8, 4) is 0 Å². The highest BCUT2D eigenvalue weighted by atomic mass is 16.6. The van der Waals surface area contributed by atoms with Crippen LogP contribution in [0.25, 0.3) is 0 Å². The number of hydrogen-bond donors (Lipinski definition) is 2. The molecule has 2 heterocycles. The molecule has 7 nitrogen and oxygen atoms in total. The second-order valence-electron chi connectivity index (χ2n) is 4.79. The first kappa shape index (κ1) is 13.7. The third-order valence-corrected chi connectivity index (χ3v) is 3.43. The number of nitrogens with one attached hydrogen (secondary N) is 1. The third kappa shape index (κ3) is 2.99. The van der Waals surface area contributed by atoms with Gasteiger partial charge in [0, 0.05) is 18.8 Å². The van der Waals surface area contributed by atoms with Crippen LogP contribution in [0.15, 0.2) is 12.3 Å². The summed E-state index contributed by atoms with van der Waals surface area (Å²) in [6.45, 7) is 2.81. The van der Waals surface area contributed by atoms with Crippen LogP contribution in [-0.2, 0) is 4.74 Å². The highest BCUT2D eigenvalue weighted by molar-refractivity contribution is 5.48. The highest BCUT2D eigenvalue weighted by Gasteiger charge is 2.32. The number of pyridine rings is 1. The second kappa shape index (κ2) is 5.50. The molecule has 1 aliphatic heterocycles. The molecule has 0 aromatic carbocycles. The quantitative estimate of drug-likeness (QED) is 0.629. The summed E-state index contributed by atoms with van der Waals surface area (Å²) >= 11 is 0. The Kier molecular flexibility index (Phi) is 3.96. The largest absolute Gasteiger partial charge is 0.394 e. The number of nitro groups is 1. The number of aliphatic hydroxyl groups is 1. The van der Waals surface area contributed by atoms with Gasteiger partial charge in [0.1, 0.15) is 12.0 Å². The summed E-state index contributed by atoms with van der Waals surface area (Å²) < 4.78 is 5.28. The molecule has 0 unspecified atom stereocenters. The van der Waals surface area contributed by atoms with Gasteiger partial charge in [-0.3, -0.25) is 10.1 Å². The molecule has 0 amide bonds. The first-order valence-electron chi connectivity index (χ1n) is 6.14. The van der Waals surface area contributed by atoms with E-state index in [2.05, 4.69) is 10.3 Å². The van der Waals surface area contributed by atoms with Gasteiger partial charge in [0.15, 0.2) is 0 Å². The maximum Gasteiger partial charge on any atom is 0.290 e. The van der Waals surface area contributed by atoms with Gasteiger partial charge >= 0.3 is 0 Å². The second-order valence-corrected chi connectivity index (χ2v) is 4.79. The van der Waals surface area contributed by atoms with E-state index in [0.29, 0.717) is 37.4 Å². The van der Waals surface area contributed by atoms with Crippen LogP contribution in [0.1, 0.15) is 18.4 Å². The van der Waals surface area contributed by atoms with E-state index >= 15 is 0 Å². The summed E-state index contributed by atoms with van der Waals surface area (Å²) in [4.78, 5) is 14.3. The lowest BCUT2D eigenvalue weighted by Gasteiger charge is -2.36. The van der Waals surface area contributed by atoms with Crippen LogP contribution in [0.4, 0.5) is 11.5 Å². The molecule has 2 rings (SSSR count). The summed E-state index contributed by atoms with van der Waals surface area (Å²) in [7, 11) is 0. The zero-order valence-corrected chi connectivity index (χ0v) is 10.8. The van der Waals surface area contributed by atoms with Crippen molar-refractivity contribution in [1.82, 2.24) is 4.98 Å². The standard InChI is InChI=1S/C12H17N3O4/c1-9-6-11(13-7-10(9)15(17)18)14-12(8-16)2-4-19-5-3-12/h6-7,16H,2-5,8H2,1H3,(H,13,14). The highest BCUT2D eigenvalue weighted by Crippen LogP contribution is 2.26. The molecule has 0 radical (unpaired) electrons. The molecule has 0 spiro atoms. The average molecular weight is 267 g/mol. The maximum absolute atomic E-state index is 10.7. The molecule has 0 bridgehead atoms. The van der Waals surface area contributed by atoms with Gasteiger partial charge in [-0.25, -0.2) is 4.98 Å². The summed E-state index contributed by atoms with van der Waals surface area (Å²) in [5, 5.41) is 23.5. The number of aliphatic hydroxyl groups excluding tert-OH is 1. The minimum Gasteiger partial charge on any atom is -0.394 e. The molecule has 0 atom stereocenters. The summed E-state index contributed by atoms with van der Waals surface area (Å²) in [5.74, 6) is 0.541. The Hall–Kier alpha value is -1.73. The van der Waals surface area contributed by atoms with Gasteiger partial charge in [-0.1, -0.05) is 0 Å². The van der Waals surface area contributed by atoms with Crippen LogP contribution in [0, 0.1) is 17.0 Å². The fraction of sp³-hybridized carbons (Fsp3) is 0.583. The predicted molar refractivity (Wildman–Crippen MR) is 69.1 cm³/mol. The zero-order chi connectivity index (χ0) is 13.9. The van der Waals surface area contributed by atoms with Crippen molar-refractivity contribution < 1.29 is 14.8 Å².